The number of nitrogens with one attached hydrogen (secondary N) is 6. The van der Waals surface area contributed by atoms with Crippen LogP contribution in [0.4, 0.5) is 11.4 Å². The molecule has 0 saturated carbocycles. The van der Waals surface area contributed by atoms with Crippen LogP contribution in [-0.2, 0) is 13.1 Å². The standard InChI is InChI=1S/2C22H27N5O4.4ClH.H2O/c2*28-12-9-23-6-7-25-15-4-5-16-20-19(15)22(31)18-14(2-1-3-17(18)30)21(20)26-27(16)11-8-24-10-13-29;;;;;/h2*1-5,23-25,28-30H,6-13H2;4*1H;1H2. The Kier molecular flexibility index (Phi) is 24.2. The highest BCUT2D eigenvalue weighted by Crippen LogP contribution is 2.46. The Hall–Kier alpha value is -4.84. The number of aromatic nitrogens is 4. The van der Waals surface area contributed by atoms with E-state index in [1.54, 1.807) is 12.1 Å². The quantitative estimate of drug-likeness (QED) is 0.0432. The molecule has 8 rings (SSSR count). The Bertz CT molecular complexity index is 2390. The highest BCUT2D eigenvalue weighted by atomic mass is 35.5. The molecular formula is C44H60Cl4N10O9. The molecule has 0 fully saturated rings. The Morgan fingerprint density at radius 3 is 1.16 bits per heavy atom. The van der Waals surface area contributed by atoms with Crippen LogP contribution < -0.4 is 31.9 Å². The number of halogens is 4. The number of phenols is 2. The van der Waals surface area contributed by atoms with E-state index in [9.17, 15) is 19.8 Å². The van der Waals surface area contributed by atoms with Crippen molar-refractivity contribution >= 4 is 94.4 Å². The van der Waals surface area contributed by atoms with Crippen LogP contribution in [0.25, 0.3) is 44.3 Å². The maximum atomic E-state index is 13.5. The molecule has 2 aliphatic carbocycles. The molecule has 0 atom stereocenters. The van der Waals surface area contributed by atoms with Gasteiger partial charge in [-0.1, -0.05) is 24.3 Å². The van der Waals surface area contributed by atoms with Gasteiger partial charge in [-0.2, -0.15) is 10.2 Å². The van der Waals surface area contributed by atoms with Crippen LogP contribution in [-0.4, -0.2) is 159 Å². The van der Waals surface area contributed by atoms with Crippen LogP contribution in [0.15, 0.2) is 60.7 Å². The largest absolute Gasteiger partial charge is 0.507 e. The lowest BCUT2D eigenvalue weighted by atomic mass is 9.86. The Labute approximate surface area is 411 Å². The van der Waals surface area contributed by atoms with Crippen molar-refractivity contribution in [3.63, 3.8) is 0 Å². The number of hydrogen-bond donors (Lipinski definition) is 12. The summed E-state index contributed by atoms with van der Waals surface area (Å²) in [6, 6.07) is 17.7. The molecule has 6 aromatic rings. The van der Waals surface area contributed by atoms with E-state index in [0.717, 1.165) is 21.8 Å². The summed E-state index contributed by atoms with van der Waals surface area (Å²) in [5.41, 5.74) is 7.27. The lowest BCUT2D eigenvalue weighted by Gasteiger charge is -2.19. The average Bonchev–Trinajstić information content (AvgIpc) is 3.84. The summed E-state index contributed by atoms with van der Waals surface area (Å²) in [6.07, 6.45) is 0. The number of hydrogen-bond acceptors (Lipinski definition) is 16. The van der Waals surface area contributed by atoms with Crippen molar-refractivity contribution in [1.82, 2.24) is 40.8 Å². The fourth-order valence-corrected chi connectivity index (χ4v) is 7.99. The number of aliphatic hydroxyl groups is 4. The number of aliphatic hydroxyl groups excluding tert-OH is 4. The number of rotatable bonds is 22. The van der Waals surface area contributed by atoms with Crippen LogP contribution in [0.2, 0.25) is 0 Å². The van der Waals surface area contributed by atoms with Gasteiger partial charge in [0.25, 0.3) is 0 Å². The van der Waals surface area contributed by atoms with E-state index in [-0.39, 0.29) is 116 Å². The number of ketones is 2. The normalized spacial score (nSPS) is 11.5. The van der Waals surface area contributed by atoms with Crippen LogP contribution in [0.1, 0.15) is 31.8 Å². The van der Waals surface area contributed by atoms with Crippen molar-refractivity contribution in [3.05, 3.63) is 82.9 Å². The first-order valence-corrected chi connectivity index (χ1v) is 20.9. The second-order valence-corrected chi connectivity index (χ2v) is 14.7. The average molecular weight is 1010 g/mol. The van der Waals surface area contributed by atoms with Crippen molar-refractivity contribution in [2.24, 2.45) is 0 Å². The molecule has 0 unspecified atom stereocenters. The highest BCUT2D eigenvalue weighted by molar-refractivity contribution is 6.29. The van der Waals surface area contributed by atoms with Crippen molar-refractivity contribution in [2.45, 2.75) is 13.1 Å². The van der Waals surface area contributed by atoms with Gasteiger partial charge in [-0.05, 0) is 36.4 Å². The van der Waals surface area contributed by atoms with Gasteiger partial charge in [-0.15, -0.1) is 49.6 Å². The molecule has 23 heteroatoms. The molecule has 0 bridgehead atoms. The third-order valence-electron chi connectivity index (χ3n) is 10.7. The second kappa shape index (κ2) is 27.8. The van der Waals surface area contributed by atoms with E-state index >= 15 is 0 Å². The molecule has 2 heterocycles. The zero-order valence-corrected chi connectivity index (χ0v) is 39.8. The summed E-state index contributed by atoms with van der Waals surface area (Å²) < 4.78 is 3.72. The van der Waals surface area contributed by atoms with Gasteiger partial charge in [0.2, 0.25) is 0 Å². The highest BCUT2D eigenvalue weighted by Gasteiger charge is 2.34. The number of carbonyl (C=O) groups excluding carboxylic acids is 2. The maximum Gasteiger partial charge on any atom is 0.200 e. The van der Waals surface area contributed by atoms with Crippen molar-refractivity contribution in [2.75, 3.05) is 103 Å². The number of fused-ring (bicyclic) bond motifs is 4. The first-order valence-electron chi connectivity index (χ1n) is 20.9. The minimum absolute atomic E-state index is 0. The first kappa shape index (κ1) is 58.3. The molecule has 14 N–H and O–H groups in total. The van der Waals surface area contributed by atoms with E-state index in [1.807, 2.05) is 45.8 Å². The molecule has 0 amide bonds. The van der Waals surface area contributed by atoms with Crippen LogP contribution >= 0.6 is 49.6 Å². The molecule has 2 aromatic heterocycles. The van der Waals surface area contributed by atoms with Crippen LogP contribution in [0.3, 0.4) is 0 Å². The molecule has 0 saturated heterocycles. The number of nitrogens with zero attached hydrogens (tertiary/aromatic N) is 4. The molecule has 4 aromatic carbocycles. The van der Waals surface area contributed by atoms with Crippen LogP contribution in [0.5, 0.6) is 11.5 Å². The number of aromatic hydroxyl groups is 2. The molecule has 67 heavy (non-hydrogen) atoms. The summed E-state index contributed by atoms with van der Waals surface area (Å²) in [7, 11) is 0. The van der Waals surface area contributed by atoms with Gasteiger partial charge < -0.3 is 68.0 Å². The van der Waals surface area contributed by atoms with Gasteiger partial charge in [-0.3, -0.25) is 19.0 Å². The molecule has 0 aliphatic heterocycles. The molecular weight excluding hydrogens is 954 g/mol. The Balaban J connectivity index is 0.000000428. The maximum absolute atomic E-state index is 13.5. The predicted molar refractivity (Wildman–Crippen MR) is 270 cm³/mol. The Morgan fingerprint density at radius 1 is 0.448 bits per heavy atom. The summed E-state index contributed by atoms with van der Waals surface area (Å²) >= 11 is 0. The monoisotopic (exact) mass is 1010 g/mol. The van der Waals surface area contributed by atoms with Gasteiger partial charge in [0.05, 0.1) is 72.8 Å². The van der Waals surface area contributed by atoms with Gasteiger partial charge in [0, 0.05) is 98.7 Å². The van der Waals surface area contributed by atoms with Crippen molar-refractivity contribution in [1.29, 1.82) is 0 Å². The number of anilines is 2. The van der Waals surface area contributed by atoms with Crippen molar-refractivity contribution in [3.8, 4) is 34.0 Å². The molecule has 0 spiro atoms. The minimum Gasteiger partial charge on any atom is -0.507 e. The van der Waals surface area contributed by atoms with E-state index in [4.69, 9.17) is 30.6 Å². The number of carbonyl (C=O) groups is 2. The smallest absolute Gasteiger partial charge is 0.200 e. The Morgan fingerprint density at radius 2 is 0.806 bits per heavy atom. The number of benzene rings is 4. The van der Waals surface area contributed by atoms with E-state index < -0.39 is 0 Å². The molecule has 2 aliphatic rings. The third kappa shape index (κ3) is 12.4. The van der Waals surface area contributed by atoms with Gasteiger partial charge >= 0.3 is 0 Å². The topological polar surface area (TPSA) is 295 Å². The fourth-order valence-electron chi connectivity index (χ4n) is 7.99. The van der Waals surface area contributed by atoms with Crippen LogP contribution in [0, 0.1) is 0 Å². The zero-order chi connectivity index (χ0) is 43.6. The summed E-state index contributed by atoms with van der Waals surface area (Å²) in [6.45, 7) is 7.15. The number of phenolic OH excluding ortho intramolecular Hbond substituents is 2. The minimum atomic E-state index is -0.227. The third-order valence-corrected chi connectivity index (χ3v) is 10.7. The molecule has 368 valence electrons. The first-order chi connectivity index (χ1) is 30.3. The van der Waals surface area contributed by atoms with Crippen molar-refractivity contribution < 1.29 is 45.7 Å². The van der Waals surface area contributed by atoms with E-state index in [0.29, 0.717) is 124 Å². The predicted octanol–water partition coefficient (Wildman–Crippen LogP) is 1.92. The lowest BCUT2D eigenvalue weighted by molar-refractivity contribution is 0.103. The molecule has 19 nitrogen and oxygen atoms in total. The fraction of sp³-hybridized carbons (Fsp3) is 0.364. The summed E-state index contributed by atoms with van der Waals surface area (Å²) in [5.74, 6) is -0.565. The lowest BCUT2D eigenvalue weighted by Crippen LogP contribution is -2.25. The van der Waals surface area contributed by atoms with Gasteiger partial charge in [0.15, 0.2) is 11.6 Å². The summed E-state index contributed by atoms with van der Waals surface area (Å²) in [5, 5.41) is 86.8. The molecule has 0 radical (unpaired) electrons. The SMILES string of the molecule is Cl.Cl.Cl.Cl.O.O=C1c2c(O)cccc2-c2nn(CCNCCO)c3ccc(NCCNCCO)c1c23.O=C1c2c(O)cccc2-c2nn(CCNCCO)c3ccc(NCCNCCO)c1c23. The second-order valence-electron chi connectivity index (χ2n) is 14.7. The zero-order valence-electron chi connectivity index (χ0n) is 36.5. The van der Waals surface area contributed by atoms with E-state index in [2.05, 4.69) is 31.9 Å². The summed E-state index contributed by atoms with van der Waals surface area (Å²) in [4.78, 5) is 26.9. The van der Waals surface area contributed by atoms with Gasteiger partial charge in [-0.25, -0.2) is 0 Å². The van der Waals surface area contributed by atoms with E-state index in [1.165, 1.54) is 12.1 Å². The van der Waals surface area contributed by atoms with Gasteiger partial charge in [0.1, 0.15) is 22.9 Å².